The highest BCUT2D eigenvalue weighted by Crippen LogP contribution is 2.15. The van der Waals surface area contributed by atoms with Crippen LogP contribution >= 0.6 is 11.3 Å². The molecule has 1 aromatic carbocycles. The number of nitrogens with one attached hydrogen (secondary N) is 1. The van der Waals surface area contributed by atoms with Gasteiger partial charge in [0.2, 0.25) is 0 Å². The summed E-state index contributed by atoms with van der Waals surface area (Å²) < 4.78 is 0. The number of hydrogen-bond acceptors (Lipinski definition) is 3. The molecule has 2 nitrogen and oxygen atoms in total. The summed E-state index contributed by atoms with van der Waals surface area (Å²) in [6.45, 7) is 7.51. The summed E-state index contributed by atoms with van der Waals surface area (Å²) >= 11 is 1.74. The van der Waals surface area contributed by atoms with Crippen LogP contribution in [0, 0.1) is 13.8 Å². The van der Waals surface area contributed by atoms with Gasteiger partial charge < -0.3 is 5.32 Å². The summed E-state index contributed by atoms with van der Waals surface area (Å²) in [4.78, 5) is 5.52. The number of hydrogen-bond donors (Lipinski definition) is 1. The molecule has 1 aromatic heterocycles. The van der Waals surface area contributed by atoms with E-state index in [0.29, 0.717) is 6.04 Å². The maximum atomic E-state index is 4.16. The number of likely N-dealkylation sites (N-methyl/N-ethyl adjacent to an activating group) is 1. The number of aryl methyl sites for hydroxylation is 2. The molecule has 2 rings (SSSR count). The Balaban J connectivity index is 2.07. The van der Waals surface area contributed by atoms with Crippen molar-refractivity contribution in [3.05, 3.63) is 51.5 Å². The molecular formula is C16H22N2S. The molecule has 0 saturated carbocycles. The lowest BCUT2D eigenvalue weighted by atomic mass is 9.99. The van der Waals surface area contributed by atoms with Crippen molar-refractivity contribution < 1.29 is 0 Å². The first-order valence-corrected chi connectivity index (χ1v) is 7.73. The van der Waals surface area contributed by atoms with Crippen molar-refractivity contribution in [2.75, 3.05) is 6.54 Å². The fraction of sp³-hybridized carbons (Fsp3) is 0.438. The first kappa shape index (κ1) is 14.2. The molecule has 0 aliphatic heterocycles. The van der Waals surface area contributed by atoms with Gasteiger partial charge in [-0.3, -0.25) is 4.98 Å². The van der Waals surface area contributed by atoms with Gasteiger partial charge in [0.25, 0.3) is 0 Å². The van der Waals surface area contributed by atoms with Crippen LogP contribution in [0.3, 0.4) is 0 Å². The van der Waals surface area contributed by atoms with Crippen molar-refractivity contribution in [2.45, 2.75) is 39.7 Å². The summed E-state index contributed by atoms with van der Waals surface area (Å²) in [6, 6.07) is 7.31. The Morgan fingerprint density at radius 1 is 1.16 bits per heavy atom. The highest BCUT2D eigenvalue weighted by molar-refractivity contribution is 7.09. The van der Waals surface area contributed by atoms with E-state index in [1.54, 1.807) is 11.3 Å². The average Bonchev–Trinajstić information content (AvgIpc) is 2.80. The van der Waals surface area contributed by atoms with Gasteiger partial charge >= 0.3 is 0 Å². The van der Waals surface area contributed by atoms with Crippen LogP contribution in [0.2, 0.25) is 0 Å². The van der Waals surface area contributed by atoms with Crippen molar-refractivity contribution >= 4 is 11.3 Å². The van der Waals surface area contributed by atoms with Gasteiger partial charge in [-0.1, -0.05) is 36.2 Å². The van der Waals surface area contributed by atoms with E-state index < -0.39 is 0 Å². The monoisotopic (exact) mass is 274 g/mol. The molecule has 0 spiro atoms. The third-order valence-electron chi connectivity index (χ3n) is 3.19. The number of nitrogens with zero attached hydrogens (tertiary/aromatic N) is 1. The third-order valence-corrected chi connectivity index (χ3v) is 3.99. The Labute approximate surface area is 119 Å². The first-order chi connectivity index (χ1) is 9.17. The molecule has 3 heteroatoms. The summed E-state index contributed by atoms with van der Waals surface area (Å²) in [6.07, 6.45) is 4.12. The van der Waals surface area contributed by atoms with E-state index in [1.807, 2.05) is 11.7 Å². The van der Waals surface area contributed by atoms with E-state index >= 15 is 0 Å². The molecule has 0 saturated heterocycles. The molecule has 0 bridgehead atoms. The summed E-state index contributed by atoms with van der Waals surface area (Å²) in [5.74, 6) is 0. The highest BCUT2D eigenvalue weighted by Gasteiger charge is 2.11. The quantitative estimate of drug-likeness (QED) is 0.871. The van der Waals surface area contributed by atoms with E-state index in [0.717, 1.165) is 19.4 Å². The van der Waals surface area contributed by atoms with Crippen molar-refractivity contribution in [3.8, 4) is 0 Å². The zero-order chi connectivity index (χ0) is 13.7. The smallest absolute Gasteiger partial charge is 0.0794 e. The van der Waals surface area contributed by atoms with E-state index in [2.05, 4.69) is 49.3 Å². The van der Waals surface area contributed by atoms with Gasteiger partial charge in [-0.25, -0.2) is 0 Å². The summed E-state index contributed by atoms with van der Waals surface area (Å²) in [5.41, 5.74) is 6.04. The first-order valence-electron chi connectivity index (χ1n) is 6.85. The second-order valence-corrected chi connectivity index (χ2v) is 6.10. The summed E-state index contributed by atoms with van der Waals surface area (Å²) in [7, 11) is 0. The Bertz CT molecular complexity index is 485. The van der Waals surface area contributed by atoms with Crippen LogP contribution in [-0.2, 0) is 12.8 Å². The molecule has 0 radical (unpaired) electrons. The number of thiazole rings is 1. The van der Waals surface area contributed by atoms with Crippen molar-refractivity contribution in [3.63, 3.8) is 0 Å². The van der Waals surface area contributed by atoms with E-state index in [9.17, 15) is 0 Å². The molecule has 0 amide bonds. The Morgan fingerprint density at radius 3 is 2.47 bits per heavy atom. The maximum absolute atomic E-state index is 4.16. The molecule has 0 aliphatic rings. The van der Waals surface area contributed by atoms with E-state index in [1.165, 1.54) is 21.6 Å². The zero-order valence-corrected chi connectivity index (χ0v) is 12.8. The maximum Gasteiger partial charge on any atom is 0.0794 e. The van der Waals surface area contributed by atoms with Gasteiger partial charge in [-0.15, -0.1) is 11.3 Å². The molecular weight excluding hydrogens is 252 g/mol. The average molecular weight is 274 g/mol. The van der Waals surface area contributed by atoms with Crippen LogP contribution in [0.15, 0.2) is 29.9 Å². The minimum absolute atomic E-state index is 0.492. The van der Waals surface area contributed by atoms with Crippen molar-refractivity contribution in [1.82, 2.24) is 10.3 Å². The van der Waals surface area contributed by atoms with Gasteiger partial charge in [0.15, 0.2) is 0 Å². The molecule has 1 atom stereocenters. The Morgan fingerprint density at radius 2 is 1.89 bits per heavy atom. The van der Waals surface area contributed by atoms with Crippen LogP contribution in [0.5, 0.6) is 0 Å². The molecule has 102 valence electrons. The van der Waals surface area contributed by atoms with Crippen molar-refractivity contribution in [1.29, 1.82) is 0 Å². The Kier molecular flexibility index (Phi) is 5.11. The lowest BCUT2D eigenvalue weighted by Gasteiger charge is -2.17. The number of aromatic nitrogens is 1. The van der Waals surface area contributed by atoms with Crippen LogP contribution < -0.4 is 5.32 Å². The molecule has 1 unspecified atom stereocenters. The lowest BCUT2D eigenvalue weighted by Crippen LogP contribution is -2.32. The fourth-order valence-electron chi connectivity index (χ4n) is 2.56. The van der Waals surface area contributed by atoms with Gasteiger partial charge in [0.1, 0.15) is 0 Å². The molecule has 1 N–H and O–H groups in total. The predicted molar refractivity (Wildman–Crippen MR) is 82.9 cm³/mol. The van der Waals surface area contributed by atoms with Crippen LogP contribution in [0.4, 0.5) is 0 Å². The van der Waals surface area contributed by atoms with Gasteiger partial charge in [-0.2, -0.15) is 0 Å². The highest BCUT2D eigenvalue weighted by atomic mass is 32.1. The molecule has 19 heavy (non-hydrogen) atoms. The van der Waals surface area contributed by atoms with E-state index in [4.69, 9.17) is 0 Å². The topological polar surface area (TPSA) is 24.9 Å². The lowest BCUT2D eigenvalue weighted by molar-refractivity contribution is 0.524. The van der Waals surface area contributed by atoms with Gasteiger partial charge in [-0.05, 0) is 38.8 Å². The third kappa shape index (κ3) is 4.44. The minimum atomic E-state index is 0.492. The minimum Gasteiger partial charge on any atom is -0.314 e. The van der Waals surface area contributed by atoms with Gasteiger partial charge in [0.05, 0.1) is 5.51 Å². The van der Waals surface area contributed by atoms with Gasteiger partial charge in [0, 0.05) is 17.1 Å². The molecule has 0 aliphatic carbocycles. The zero-order valence-electron chi connectivity index (χ0n) is 11.9. The summed E-state index contributed by atoms with van der Waals surface area (Å²) in [5, 5.41) is 3.59. The van der Waals surface area contributed by atoms with Crippen molar-refractivity contribution in [2.24, 2.45) is 0 Å². The normalized spacial score (nSPS) is 12.6. The predicted octanol–water partition coefficient (Wildman–Crippen LogP) is 3.52. The largest absolute Gasteiger partial charge is 0.314 e. The van der Waals surface area contributed by atoms with Crippen LogP contribution in [0.1, 0.15) is 28.5 Å². The fourth-order valence-corrected chi connectivity index (χ4v) is 3.24. The standard InChI is InChI=1S/C16H22N2S/c1-4-18-15(9-16-10-17-11-19-16)8-14-6-12(2)5-13(3)7-14/h5-7,10-11,15,18H,4,8-9H2,1-3H3. The van der Waals surface area contributed by atoms with E-state index in [-0.39, 0.29) is 0 Å². The number of benzene rings is 1. The Hall–Kier alpha value is -1.19. The molecule has 2 aromatic rings. The second kappa shape index (κ2) is 6.83. The SMILES string of the molecule is CCNC(Cc1cc(C)cc(C)c1)Cc1cncs1. The number of rotatable bonds is 6. The molecule has 0 fully saturated rings. The second-order valence-electron chi connectivity index (χ2n) is 5.13. The molecule has 1 heterocycles. The van der Waals surface area contributed by atoms with Crippen LogP contribution in [0.25, 0.3) is 0 Å². The van der Waals surface area contributed by atoms with Crippen LogP contribution in [-0.4, -0.2) is 17.6 Å².